The van der Waals surface area contributed by atoms with Crippen molar-refractivity contribution in [1.82, 2.24) is 9.88 Å². The van der Waals surface area contributed by atoms with Gasteiger partial charge >= 0.3 is 0 Å². The number of fused-ring (bicyclic) bond motifs is 1. The number of hydrogen-bond donors (Lipinski definition) is 0. The van der Waals surface area contributed by atoms with Gasteiger partial charge in [0, 0.05) is 24.9 Å². The first-order valence-electron chi connectivity index (χ1n) is 7.50. The number of hydrogen-bond acceptors (Lipinski definition) is 4. The largest absolute Gasteiger partial charge is 0.431 e. The summed E-state index contributed by atoms with van der Waals surface area (Å²) in [5, 5.41) is 0.622. The minimum Gasteiger partial charge on any atom is -0.431 e. The van der Waals surface area contributed by atoms with Gasteiger partial charge in [0.1, 0.15) is 5.52 Å². The molecular weight excluding hydrogens is 308 g/mol. The van der Waals surface area contributed by atoms with Gasteiger partial charge in [-0.3, -0.25) is 4.79 Å². The van der Waals surface area contributed by atoms with Crippen LogP contribution in [0, 0.1) is 0 Å². The molecule has 0 bridgehead atoms. The molecule has 1 amide bonds. The summed E-state index contributed by atoms with van der Waals surface area (Å²) in [6.45, 7) is 2.65. The zero-order valence-electron chi connectivity index (χ0n) is 13.2. The number of oxazole rings is 1. The molecule has 0 radical (unpaired) electrons. The third kappa shape index (κ3) is 3.40. The van der Waals surface area contributed by atoms with Crippen molar-refractivity contribution in [2.45, 2.75) is 17.9 Å². The third-order valence-electron chi connectivity index (χ3n) is 3.69. The molecule has 5 heteroatoms. The summed E-state index contributed by atoms with van der Waals surface area (Å²) >= 11 is 1.50. The predicted octanol–water partition coefficient (Wildman–Crippen LogP) is 4.21. The average molecular weight is 326 g/mol. The summed E-state index contributed by atoms with van der Waals surface area (Å²) in [7, 11) is 1.81. The van der Waals surface area contributed by atoms with E-state index in [2.05, 4.69) is 4.98 Å². The Labute approximate surface area is 139 Å². The summed E-state index contributed by atoms with van der Waals surface area (Å²) in [4.78, 5) is 18.6. The predicted molar refractivity (Wildman–Crippen MR) is 92.6 cm³/mol. The zero-order chi connectivity index (χ0) is 16.2. The van der Waals surface area contributed by atoms with Crippen LogP contribution in [0.15, 0.2) is 58.2 Å². The Morgan fingerprint density at radius 2 is 1.91 bits per heavy atom. The molecule has 0 aliphatic heterocycles. The van der Waals surface area contributed by atoms with E-state index in [1.807, 2.05) is 62.5 Å². The molecule has 0 saturated heterocycles. The van der Waals surface area contributed by atoms with Crippen LogP contribution >= 0.6 is 11.8 Å². The third-order valence-corrected chi connectivity index (χ3v) is 4.57. The average Bonchev–Trinajstić information content (AvgIpc) is 3.01. The van der Waals surface area contributed by atoms with Gasteiger partial charge in [-0.1, -0.05) is 42.1 Å². The molecule has 1 aromatic heterocycles. The maximum atomic E-state index is 12.4. The Morgan fingerprint density at radius 1 is 1.17 bits per heavy atom. The lowest BCUT2D eigenvalue weighted by molar-refractivity contribution is 0.0801. The summed E-state index contributed by atoms with van der Waals surface area (Å²) in [6.07, 6.45) is 0. The van der Waals surface area contributed by atoms with E-state index < -0.39 is 0 Å². The molecule has 0 atom stereocenters. The van der Waals surface area contributed by atoms with Crippen LogP contribution in [0.5, 0.6) is 0 Å². The monoisotopic (exact) mass is 326 g/mol. The van der Waals surface area contributed by atoms with E-state index in [9.17, 15) is 4.79 Å². The molecule has 23 heavy (non-hydrogen) atoms. The Bertz CT molecular complexity index is 796. The molecule has 0 unspecified atom stereocenters. The molecule has 4 nitrogen and oxygen atoms in total. The smallest absolute Gasteiger partial charge is 0.257 e. The summed E-state index contributed by atoms with van der Waals surface area (Å²) in [5.74, 6) is 0.688. The van der Waals surface area contributed by atoms with Gasteiger partial charge in [0.05, 0.1) is 0 Å². The Kier molecular flexibility index (Phi) is 4.67. The standard InChI is InChI=1S/C18H18N2O2S/c1-3-20(2)17(21)14-9-5-4-8-13(14)12-23-18-19-15-10-6-7-11-16(15)22-18/h4-11H,3,12H2,1-2H3. The summed E-state index contributed by atoms with van der Waals surface area (Å²) in [5.41, 5.74) is 3.36. The van der Waals surface area contributed by atoms with Crippen LogP contribution in [0.25, 0.3) is 11.1 Å². The number of benzene rings is 2. The Morgan fingerprint density at radius 3 is 2.70 bits per heavy atom. The number of carbonyl (C=O) groups excluding carboxylic acids is 1. The van der Waals surface area contributed by atoms with Crippen molar-refractivity contribution in [2.24, 2.45) is 0 Å². The van der Waals surface area contributed by atoms with Crippen LogP contribution in [0.4, 0.5) is 0 Å². The van der Waals surface area contributed by atoms with E-state index in [4.69, 9.17) is 4.42 Å². The van der Waals surface area contributed by atoms with Crippen molar-refractivity contribution in [1.29, 1.82) is 0 Å². The van der Waals surface area contributed by atoms with Gasteiger partial charge in [-0.15, -0.1) is 0 Å². The summed E-state index contributed by atoms with van der Waals surface area (Å²) < 4.78 is 5.72. The molecule has 118 valence electrons. The second kappa shape index (κ2) is 6.87. The molecule has 0 spiro atoms. The van der Waals surface area contributed by atoms with E-state index >= 15 is 0 Å². The van der Waals surface area contributed by atoms with Crippen molar-refractivity contribution >= 4 is 28.8 Å². The number of aromatic nitrogens is 1. The first-order valence-corrected chi connectivity index (χ1v) is 8.49. The summed E-state index contributed by atoms with van der Waals surface area (Å²) in [6, 6.07) is 15.4. The lowest BCUT2D eigenvalue weighted by Gasteiger charge is -2.16. The van der Waals surface area contributed by atoms with Gasteiger partial charge in [-0.05, 0) is 30.7 Å². The molecule has 0 fully saturated rings. The molecule has 3 aromatic rings. The second-order valence-electron chi connectivity index (χ2n) is 5.21. The highest BCUT2D eigenvalue weighted by Gasteiger charge is 2.15. The van der Waals surface area contributed by atoms with Crippen LogP contribution in [0.2, 0.25) is 0 Å². The number of carbonyl (C=O) groups is 1. The highest BCUT2D eigenvalue weighted by Crippen LogP contribution is 2.27. The number of nitrogens with zero attached hydrogens (tertiary/aromatic N) is 2. The fourth-order valence-electron chi connectivity index (χ4n) is 2.26. The highest BCUT2D eigenvalue weighted by molar-refractivity contribution is 7.98. The maximum absolute atomic E-state index is 12.4. The van der Waals surface area contributed by atoms with Gasteiger partial charge in [-0.2, -0.15) is 0 Å². The van der Waals surface area contributed by atoms with Gasteiger partial charge in [0.15, 0.2) is 5.58 Å². The van der Waals surface area contributed by atoms with Crippen LogP contribution in [0.3, 0.4) is 0 Å². The maximum Gasteiger partial charge on any atom is 0.257 e. The number of rotatable bonds is 5. The first kappa shape index (κ1) is 15.6. The highest BCUT2D eigenvalue weighted by atomic mass is 32.2. The molecule has 0 aliphatic rings. The molecule has 3 rings (SSSR count). The molecule has 0 N–H and O–H groups in total. The fraction of sp³-hybridized carbons (Fsp3) is 0.222. The van der Waals surface area contributed by atoms with E-state index in [1.54, 1.807) is 4.90 Å². The first-order chi connectivity index (χ1) is 11.2. The Hall–Kier alpha value is -2.27. The van der Waals surface area contributed by atoms with E-state index in [0.717, 1.165) is 22.2 Å². The van der Waals surface area contributed by atoms with Crippen molar-refractivity contribution in [3.8, 4) is 0 Å². The van der Waals surface area contributed by atoms with Crippen molar-refractivity contribution in [3.63, 3.8) is 0 Å². The van der Waals surface area contributed by atoms with Crippen LogP contribution in [0.1, 0.15) is 22.8 Å². The minimum absolute atomic E-state index is 0.0428. The number of amides is 1. The molecular formula is C18H18N2O2S. The number of para-hydroxylation sites is 2. The lowest BCUT2D eigenvalue weighted by Crippen LogP contribution is -2.27. The second-order valence-corrected chi connectivity index (χ2v) is 6.14. The molecule has 1 heterocycles. The van der Waals surface area contributed by atoms with Gasteiger partial charge < -0.3 is 9.32 Å². The van der Waals surface area contributed by atoms with Gasteiger partial charge in [-0.25, -0.2) is 4.98 Å². The van der Waals surface area contributed by atoms with Gasteiger partial charge in [0.25, 0.3) is 11.1 Å². The Balaban J connectivity index is 1.79. The van der Waals surface area contributed by atoms with E-state index in [-0.39, 0.29) is 5.91 Å². The van der Waals surface area contributed by atoms with Crippen LogP contribution in [-0.4, -0.2) is 29.4 Å². The van der Waals surface area contributed by atoms with Gasteiger partial charge in [0.2, 0.25) is 0 Å². The van der Waals surface area contributed by atoms with E-state index in [1.165, 1.54) is 11.8 Å². The normalized spacial score (nSPS) is 10.9. The number of thioether (sulfide) groups is 1. The lowest BCUT2D eigenvalue weighted by atomic mass is 10.1. The van der Waals surface area contributed by atoms with Crippen molar-refractivity contribution in [3.05, 3.63) is 59.7 Å². The quantitative estimate of drug-likeness (QED) is 0.659. The van der Waals surface area contributed by atoms with Crippen molar-refractivity contribution in [2.75, 3.05) is 13.6 Å². The topological polar surface area (TPSA) is 46.3 Å². The molecule has 2 aromatic carbocycles. The SMILES string of the molecule is CCN(C)C(=O)c1ccccc1CSc1nc2ccccc2o1. The molecule has 0 aliphatic carbocycles. The molecule has 0 saturated carbocycles. The fourth-order valence-corrected chi connectivity index (χ4v) is 3.10. The van der Waals surface area contributed by atoms with Crippen LogP contribution in [-0.2, 0) is 5.75 Å². The van der Waals surface area contributed by atoms with Crippen molar-refractivity contribution < 1.29 is 9.21 Å². The van der Waals surface area contributed by atoms with Crippen LogP contribution < -0.4 is 0 Å². The minimum atomic E-state index is 0.0428. The zero-order valence-corrected chi connectivity index (χ0v) is 14.0. The van der Waals surface area contributed by atoms with E-state index in [0.29, 0.717) is 17.5 Å².